The highest BCUT2D eigenvalue weighted by atomic mass is 16.4. The number of rotatable bonds is 5. The molecule has 1 heterocycles. The summed E-state index contributed by atoms with van der Waals surface area (Å²) >= 11 is 0. The molecule has 0 radical (unpaired) electrons. The van der Waals surface area contributed by atoms with Gasteiger partial charge in [0.25, 0.3) is 0 Å². The zero-order chi connectivity index (χ0) is 19.4. The third kappa shape index (κ3) is 4.73. The standard InChI is InChI=1S/C21H23N3O3/c1-21(2,3)22-17(25)14-24-20(26)27-19(23-24)18(15-10-6-4-7-11-15)16-12-8-5-9-13-16/h4-13,18H,14H2,1-3H3,(H,22,25). The fraction of sp³-hybridized carbons (Fsp3) is 0.286. The molecule has 0 aliphatic rings. The van der Waals surface area contributed by atoms with E-state index >= 15 is 0 Å². The molecule has 0 saturated carbocycles. The molecule has 1 N–H and O–H groups in total. The first-order valence-corrected chi connectivity index (χ1v) is 8.82. The largest absolute Gasteiger partial charge is 0.437 e. The van der Waals surface area contributed by atoms with Crippen molar-refractivity contribution in [3.8, 4) is 0 Å². The number of hydrogen-bond donors (Lipinski definition) is 1. The summed E-state index contributed by atoms with van der Waals surface area (Å²) < 4.78 is 6.50. The predicted molar refractivity (Wildman–Crippen MR) is 102 cm³/mol. The molecular formula is C21H23N3O3. The van der Waals surface area contributed by atoms with Gasteiger partial charge in [-0.2, -0.15) is 4.68 Å². The molecule has 2 aromatic carbocycles. The lowest BCUT2D eigenvalue weighted by molar-refractivity contribution is -0.123. The van der Waals surface area contributed by atoms with Gasteiger partial charge in [-0.3, -0.25) is 4.79 Å². The maximum atomic E-state index is 12.3. The highest BCUT2D eigenvalue weighted by Gasteiger charge is 2.24. The normalized spacial score (nSPS) is 11.6. The Balaban J connectivity index is 1.95. The predicted octanol–water partition coefficient (Wildman–Crippen LogP) is 2.93. The summed E-state index contributed by atoms with van der Waals surface area (Å²) in [5.41, 5.74) is 1.52. The Morgan fingerprint density at radius 3 is 2.04 bits per heavy atom. The zero-order valence-corrected chi connectivity index (χ0v) is 15.7. The lowest BCUT2D eigenvalue weighted by Gasteiger charge is -2.20. The van der Waals surface area contributed by atoms with E-state index in [4.69, 9.17) is 4.42 Å². The van der Waals surface area contributed by atoms with Gasteiger partial charge in [-0.15, -0.1) is 5.10 Å². The number of aromatic nitrogens is 2. The molecule has 0 aliphatic carbocycles. The van der Waals surface area contributed by atoms with Crippen molar-refractivity contribution >= 4 is 5.91 Å². The van der Waals surface area contributed by atoms with Crippen LogP contribution in [0.15, 0.2) is 69.9 Å². The quantitative estimate of drug-likeness (QED) is 0.754. The monoisotopic (exact) mass is 365 g/mol. The SMILES string of the molecule is CC(C)(C)NC(=O)Cn1nc(C(c2ccccc2)c2ccccc2)oc1=O. The molecule has 0 saturated heterocycles. The van der Waals surface area contributed by atoms with E-state index in [1.54, 1.807) is 0 Å². The molecule has 0 aliphatic heterocycles. The summed E-state index contributed by atoms with van der Waals surface area (Å²) in [6, 6.07) is 19.4. The number of benzene rings is 2. The van der Waals surface area contributed by atoms with Gasteiger partial charge in [0.15, 0.2) is 0 Å². The summed E-state index contributed by atoms with van der Waals surface area (Å²) in [6.07, 6.45) is 0. The van der Waals surface area contributed by atoms with Crippen molar-refractivity contribution in [2.75, 3.05) is 0 Å². The second-order valence-corrected chi connectivity index (χ2v) is 7.42. The van der Waals surface area contributed by atoms with Crippen molar-refractivity contribution in [2.24, 2.45) is 0 Å². The van der Waals surface area contributed by atoms with Crippen LogP contribution in [0.3, 0.4) is 0 Å². The van der Waals surface area contributed by atoms with Gasteiger partial charge in [0, 0.05) is 5.54 Å². The van der Waals surface area contributed by atoms with Crippen molar-refractivity contribution in [3.05, 3.63) is 88.2 Å². The molecule has 0 spiro atoms. The van der Waals surface area contributed by atoms with E-state index in [2.05, 4.69) is 10.4 Å². The number of amides is 1. The second kappa shape index (κ2) is 7.61. The molecule has 0 atom stereocenters. The number of carbonyl (C=O) groups is 1. The van der Waals surface area contributed by atoms with E-state index in [1.165, 1.54) is 0 Å². The van der Waals surface area contributed by atoms with Crippen molar-refractivity contribution in [2.45, 2.75) is 38.8 Å². The van der Waals surface area contributed by atoms with Crippen molar-refractivity contribution in [3.63, 3.8) is 0 Å². The molecule has 6 heteroatoms. The molecule has 140 valence electrons. The first-order valence-electron chi connectivity index (χ1n) is 8.82. The molecule has 6 nitrogen and oxygen atoms in total. The summed E-state index contributed by atoms with van der Waals surface area (Å²) in [6.45, 7) is 5.45. The van der Waals surface area contributed by atoms with Crippen molar-refractivity contribution < 1.29 is 9.21 Å². The number of hydrogen-bond acceptors (Lipinski definition) is 4. The molecule has 1 aromatic heterocycles. The Morgan fingerprint density at radius 2 is 1.56 bits per heavy atom. The van der Waals surface area contributed by atoms with Gasteiger partial charge in [0.1, 0.15) is 6.54 Å². The maximum Gasteiger partial charge on any atom is 0.437 e. The molecular weight excluding hydrogens is 342 g/mol. The minimum absolute atomic E-state index is 0.185. The van der Waals surface area contributed by atoms with E-state index in [-0.39, 0.29) is 29.8 Å². The van der Waals surface area contributed by atoms with Gasteiger partial charge in [-0.25, -0.2) is 4.79 Å². The Kier molecular flexibility index (Phi) is 5.26. The lowest BCUT2D eigenvalue weighted by Crippen LogP contribution is -2.43. The van der Waals surface area contributed by atoms with Gasteiger partial charge in [-0.05, 0) is 31.9 Å². The van der Waals surface area contributed by atoms with E-state index in [9.17, 15) is 9.59 Å². The average molecular weight is 365 g/mol. The van der Waals surface area contributed by atoms with Gasteiger partial charge in [0.05, 0.1) is 5.92 Å². The summed E-state index contributed by atoms with van der Waals surface area (Å²) in [5, 5.41) is 7.13. The Hall–Kier alpha value is -3.15. The van der Waals surface area contributed by atoms with E-state index < -0.39 is 5.76 Å². The Labute approximate surface area is 157 Å². The third-order valence-corrected chi connectivity index (χ3v) is 3.94. The van der Waals surface area contributed by atoms with Gasteiger partial charge in [0.2, 0.25) is 11.8 Å². The van der Waals surface area contributed by atoms with Crippen LogP contribution in [0.4, 0.5) is 0 Å². The van der Waals surface area contributed by atoms with E-state index in [0.717, 1.165) is 15.8 Å². The minimum Gasteiger partial charge on any atom is -0.391 e. The first kappa shape index (κ1) is 18.6. The molecule has 0 fully saturated rings. The van der Waals surface area contributed by atoms with Crippen molar-refractivity contribution in [1.82, 2.24) is 15.1 Å². The van der Waals surface area contributed by atoms with Crippen LogP contribution < -0.4 is 11.1 Å². The van der Waals surface area contributed by atoms with Gasteiger partial charge in [-0.1, -0.05) is 60.7 Å². The summed E-state index contributed by atoms with van der Waals surface area (Å²) in [4.78, 5) is 24.4. The number of nitrogens with zero attached hydrogens (tertiary/aromatic N) is 2. The highest BCUT2D eigenvalue weighted by molar-refractivity contribution is 5.76. The fourth-order valence-electron chi connectivity index (χ4n) is 2.90. The topological polar surface area (TPSA) is 77.1 Å². The van der Waals surface area contributed by atoms with Crippen LogP contribution in [-0.4, -0.2) is 21.2 Å². The molecule has 3 aromatic rings. The minimum atomic E-state index is -0.647. The average Bonchev–Trinajstić information content (AvgIpc) is 2.95. The fourth-order valence-corrected chi connectivity index (χ4v) is 2.90. The molecule has 27 heavy (non-hydrogen) atoms. The summed E-state index contributed by atoms with van der Waals surface area (Å²) in [5.74, 6) is -1.00. The highest BCUT2D eigenvalue weighted by Crippen LogP contribution is 2.29. The third-order valence-electron chi connectivity index (χ3n) is 3.94. The second-order valence-electron chi connectivity index (χ2n) is 7.42. The Morgan fingerprint density at radius 1 is 1.04 bits per heavy atom. The molecule has 0 unspecified atom stereocenters. The van der Waals surface area contributed by atoms with Crippen LogP contribution in [0, 0.1) is 0 Å². The summed E-state index contributed by atoms with van der Waals surface area (Å²) in [7, 11) is 0. The van der Waals surface area contributed by atoms with Crippen LogP contribution in [-0.2, 0) is 11.3 Å². The van der Waals surface area contributed by atoms with Gasteiger partial charge >= 0.3 is 5.76 Å². The Bertz CT molecular complexity index is 914. The van der Waals surface area contributed by atoms with Gasteiger partial charge < -0.3 is 9.73 Å². The number of carbonyl (C=O) groups excluding carboxylic acids is 1. The van der Waals surface area contributed by atoms with Crippen molar-refractivity contribution in [1.29, 1.82) is 0 Å². The first-order chi connectivity index (χ1) is 12.8. The number of nitrogens with one attached hydrogen (secondary N) is 1. The van der Waals surface area contributed by atoms with E-state index in [0.29, 0.717) is 0 Å². The zero-order valence-electron chi connectivity index (χ0n) is 15.7. The van der Waals surface area contributed by atoms with Crippen LogP contribution >= 0.6 is 0 Å². The maximum absolute atomic E-state index is 12.3. The van der Waals surface area contributed by atoms with Crippen LogP contribution in [0.1, 0.15) is 43.7 Å². The molecule has 1 amide bonds. The smallest absolute Gasteiger partial charge is 0.391 e. The van der Waals surface area contributed by atoms with Crippen LogP contribution in [0.25, 0.3) is 0 Å². The lowest BCUT2D eigenvalue weighted by atomic mass is 9.91. The van der Waals surface area contributed by atoms with Crippen LogP contribution in [0.2, 0.25) is 0 Å². The van der Waals surface area contributed by atoms with E-state index in [1.807, 2.05) is 81.4 Å². The molecule has 0 bridgehead atoms. The van der Waals surface area contributed by atoms with Crippen LogP contribution in [0.5, 0.6) is 0 Å². The molecule has 3 rings (SSSR count).